The van der Waals surface area contributed by atoms with Crippen molar-refractivity contribution in [1.82, 2.24) is 0 Å². The molecule has 200 valence electrons. The monoisotopic (exact) mass is 495 g/mol. The molecule has 4 aliphatic carbocycles. The van der Waals surface area contributed by atoms with Gasteiger partial charge in [0.2, 0.25) is 0 Å². The number of hydrogen-bond donors (Lipinski definition) is 1. The van der Waals surface area contributed by atoms with Gasteiger partial charge in [-0.15, -0.1) is 0 Å². The quantitative estimate of drug-likeness (QED) is 0.453. The molecule has 0 aromatic heterocycles. The molecule has 7 atom stereocenters. The van der Waals surface area contributed by atoms with E-state index in [4.69, 9.17) is 0 Å². The first kappa shape index (κ1) is 27.6. The Labute approximate surface area is 219 Å². The fourth-order valence-electron chi connectivity index (χ4n) is 9.83. The minimum atomic E-state index is -0.599. The predicted octanol–water partition coefficient (Wildman–Crippen LogP) is 7.06. The normalized spacial score (nSPS) is 45.8. The molecule has 4 rings (SSSR count). The number of nitriles is 1. The average molecular weight is 496 g/mol. The Morgan fingerprint density at radius 2 is 1.67 bits per heavy atom. The molecular formula is C32H49NO3. The van der Waals surface area contributed by atoms with Gasteiger partial charge in [0.25, 0.3) is 0 Å². The number of rotatable bonds is 4. The molecule has 0 amide bonds. The number of Topliss-reactive ketones (excluding diaryl/α,β-unsaturated/α-hetero) is 2. The van der Waals surface area contributed by atoms with E-state index in [0.717, 1.165) is 44.9 Å². The van der Waals surface area contributed by atoms with E-state index in [1.165, 1.54) is 0 Å². The van der Waals surface area contributed by atoms with Crippen molar-refractivity contribution in [1.29, 1.82) is 5.26 Å². The Kier molecular flexibility index (Phi) is 6.52. The van der Waals surface area contributed by atoms with Crippen LogP contribution in [0.15, 0.2) is 11.6 Å². The van der Waals surface area contributed by atoms with E-state index in [1.807, 2.05) is 19.9 Å². The lowest BCUT2D eigenvalue weighted by atomic mass is 9.37. The number of aliphatic hydroxyl groups is 1. The third-order valence-corrected chi connectivity index (χ3v) is 12.6. The van der Waals surface area contributed by atoms with Gasteiger partial charge in [-0.3, -0.25) is 9.59 Å². The summed E-state index contributed by atoms with van der Waals surface area (Å²) in [7, 11) is 0. The Morgan fingerprint density at radius 1 is 1.00 bits per heavy atom. The van der Waals surface area contributed by atoms with Crippen LogP contribution in [0.2, 0.25) is 0 Å². The first-order chi connectivity index (χ1) is 16.5. The van der Waals surface area contributed by atoms with Crippen LogP contribution in [0.1, 0.15) is 113 Å². The molecule has 0 aromatic rings. The highest BCUT2D eigenvalue weighted by Crippen LogP contribution is 2.70. The molecule has 0 radical (unpaired) electrons. The van der Waals surface area contributed by atoms with Crippen molar-refractivity contribution in [3.8, 4) is 6.07 Å². The maximum absolute atomic E-state index is 13.4. The minimum absolute atomic E-state index is 0.0416. The van der Waals surface area contributed by atoms with E-state index >= 15 is 0 Å². The highest BCUT2D eigenvalue weighted by atomic mass is 16.3. The standard InChI is InChI=1S/C32H49NO3/c1-21-16-27(2,3)11-13-32(21,20-34)14-12-29(6)18-23(35)15-25-30(7)17-22(19-33)26(36)28(4,5)24(30)9-10-31(25,29)8/h17,21,24-25,34H,9-16,18,20H2,1-8H3/t21?,24-,25+,29+,30-,31+,32+/m0/s1. The second-order valence-corrected chi connectivity index (χ2v) is 15.4. The Balaban J connectivity index is 1.70. The van der Waals surface area contributed by atoms with Crippen LogP contribution >= 0.6 is 0 Å². The van der Waals surface area contributed by atoms with Crippen molar-refractivity contribution >= 4 is 11.6 Å². The summed E-state index contributed by atoms with van der Waals surface area (Å²) in [6.45, 7) is 18.2. The largest absolute Gasteiger partial charge is 0.396 e. The molecule has 0 heterocycles. The van der Waals surface area contributed by atoms with Gasteiger partial charge in [0, 0.05) is 24.9 Å². The third kappa shape index (κ3) is 3.86. The van der Waals surface area contributed by atoms with Crippen LogP contribution < -0.4 is 0 Å². The lowest BCUT2D eigenvalue weighted by Crippen LogP contribution is -2.62. The van der Waals surface area contributed by atoms with Crippen molar-refractivity contribution < 1.29 is 14.7 Å². The van der Waals surface area contributed by atoms with Gasteiger partial charge >= 0.3 is 0 Å². The average Bonchev–Trinajstić information content (AvgIpc) is 2.77. The SMILES string of the molecule is CC1CC(C)(C)CC[C@]1(CO)CC[C@]1(C)CC(=O)C[C@@H]2[C@@]3(C)C=C(C#N)C(=O)C(C)(C)[C@@H]3CC[C@]21C. The number of carbonyl (C=O) groups excluding carboxylic acids is 2. The Hall–Kier alpha value is -1.47. The number of carbonyl (C=O) groups is 2. The lowest BCUT2D eigenvalue weighted by molar-refractivity contribution is -0.176. The van der Waals surface area contributed by atoms with E-state index < -0.39 is 5.41 Å². The van der Waals surface area contributed by atoms with Crippen LogP contribution in [0.25, 0.3) is 0 Å². The molecule has 1 unspecified atom stereocenters. The van der Waals surface area contributed by atoms with E-state index in [-0.39, 0.29) is 51.5 Å². The Morgan fingerprint density at radius 3 is 2.25 bits per heavy atom. The molecule has 3 saturated carbocycles. The molecule has 3 fully saturated rings. The number of fused-ring (bicyclic) bond motifs is 3. The van der Waals surface area contributed by atoms with Crippen LogP contribution in [0, 0.1) is 61.6 Å². The van der Waals surface area contributed by atoms with Gasteiger partial charge in [-0.2, -0.15) is 5.26 Å². The highest BCUT2D eigenvalue weighted by Gasteiger charge is 2.66. The molecule has 36 heavy (non-hydrogen) atoms. The maximum Gasteiger partial charge on any atom is 0.178 e. The first-order valence-electron chi connectivity index (χ1n) is 14.3. The van der Waals surface area contributed by atoms with E-state index in [1.54, 1.807) is 0 Å². The third-order valence-electron chi connectivity index (χ3n) is 12.6. The fourth-order valence-corrected chi connectivity index (χ4v) is 9.83. The molecule has 0 aliphatic heterocycles. The zero-order valence-corrected chi connectivity index (χ0v) is 24.1. The van der Waals surface area contributed by atoms with E-state index in [0.29, 0.717) is 30.0 Å². The number of hydrogen-bond acceptors (Lipinski definition) is 4. The van der Waals surface area contributed by atoms with Crippen molar-refractivity contribution in [3.63, 3.8) is 0 Å². The van der Waals surface area contributed by atoms with Gasteiger partial charge in [0.1, 0.15) is 11.9 Å². The summed E-state index contributed by atoms with van der Waals surface area (Å²) in [4.78, 5) is 26.6. The topological polar surface area (TPSA) is 78.2 Å². The zero-order valence-electron chi connectivity index (χ0n) is 24.1. The van der Waals surface area contributed by atoms with Crippen LogP contribution in [0.4, 0.5) is 0 Å². The molecule has 0 spiro atoms. The zero-order chi connectivity index (χ0) is 26.9. The van der Waals surface area contributed by atoms with Crippen molar-refractivity contribution in [2.24, 2.45) is 50.2 Å². The van der Waals surface area contributed by atoms with Gasteiger partial charge < -0.3 is 5.11 Å². The van der Waals surface area contributed by atoms with E-state index in [2.05, 4.69) is 47.6 Å². The van der Waals surface area contributed by atoms with Crippen LogP contribution in [0.3, 0.4) is 0 Å². The number of allylic oxidation sites excluding steroid dienone is 2. The smallest absolute Gasteiger partial charge is 0.178 e. The van der Waals surface area contributed by atoms with Gasteiger partial charge in [0.05, 0.1) is 5.57 Å². The van der Waals surface area contributed by atoms with Gasteiger partial charge in [-0.25, -0.2) is 0 Å². The summed E-state index contributed by atoms with van der Waals surface area (Å²) < 4.78 is 0. The molecule has 4 aliphatic rings. The van der Waals surface area contributed by atoms with Crippen LogP contribution in [0.5, 0.6) is 0 Å². The van der Waals surface area contributed by atoms with Gasteiger partial charge in [0.15, 0.2) is 5.78 Å². The molecule has 4 nitrogen and oxygen atoms in total. The molecule has 0 bridgehead atoms. The number of ketones is 2. The second kappa shape index (κ2) is 8.52. The van der Waals surface area contributed by atoms with Crippen molar-refractivity contribution in [2.45, 2.75) is 113 Å². The van der Waals surface area contributed by atoms with Gasteiger partial charge in [-0.1, -0.05) is 61.5 Å². The maximum atomic E-state index is 13.4. The van der Waals surface area contributed by atoms with Crippen molar-refractivity contribution in [3.05, 3.63) is 11.6 Å². The van der Waals surface area contributed by atoms with Crippen LogP contribution in [-0.2, 0) is 9.59 Å². The second-order valence-electron chi connectivity index (χ2n) is 15.4. The molecule has 0 aromatic carbocycles. The summed E-state index contributed by atoms with van der Waals surface area (Å²) in [5.74, 6) is 0.974. The number of nitrogens with zero attached hydrogens (tertiary/aromatic N) is 1. The summed E-state index contributed by atoms with van der Waals surface area (Å²) >= 11 is 0. The van der Waals surface area contributed by atoms with Crippen LogP contribution in [-0.4, -0.2) is 23.3 Å². The summed E-state index contributed by atoms with van der Waals surface area (Å²) in [6, 6.07) is 2.20. The summed E-state index contributed by atoms with van der Waals surface area (Å²) in [6.07, 6.45) is 10.3. The van der Waals surface area contributed by atoms with Crippen molar-refractivity contribution in [2.75, 3.05) is 6.61 Å². The summed E-state index contributed by atoms with van der Waals surface area (Å²) in [5.41, 5.74) is -0.653. The first-order valence-corrected chi connectivity index (χ1v) is 14.3. The lowest BCUT2D eigenvalue weighted by Gasteiger charge is -2.66. The molecular weight excluding hydrogens is 446 g/mol. The molecule has 1 N–H and O–H groups in total. The predicted molar refractivity (Wildman–Crippen MR) is 143 cm³/mol. The highest BCUT2D eigenvalue weighted by molar-refractivity contribution is 6.04. The molecule has 0 saturated heterocycles. The fraction of sp³-hybridized carbons (Fsp3) is 0.844. The van der Waals surface area contributed by atoms with E-state index in [9.17, 15) is 20.0 Å². The summed E-state index contributed by atoms with van der Waals surface area (Å²) in [5, 5.41) is 20.5. The number of aliphatic hydroxyl groups excluding tert-OH is 1. The van der Waals surface area contributed by atoms with Gasteiger partial charge in [-0.05, 0) is 89.8 Å². The minimum Gasteiger partial charge on any atom is -0.396 e. The Bertz CT molecular complexity index is 1020. The molecule has 4 heteroatoms.